The largest absolute Gasteiger partial charge is 0.549 e. The highest BCUT2D eigenvalue weighted by Crippen LogP contribution is 2.33. The van der Waals surface area contributed by atoms with Crippen LogP contribution in [-0.2, 0) is 15.8 Å². The summed E-state index contributed by atoms with van der Waals surface area (Å²) in [6.07, 6.45) is -4.72. The van der Waals surface area contributed by atoms with E-state index in [1.54, 1.807) is 0 Å². The zero-order valence-electron chi connectivity index (χ0n) is 8.45. The molecule has 0 fully saturated rings. The van der Waals surface area contributed by atoms with Crippen molar-refractivity contribution >= 4 is 27.9 Å². The van der Waals surface area contributed by atoms with Crippen molar-refractivity contribution in [1.82, 2.24) is 0 Å². The zero-order valence-corrected chi connectivity index (χ0v) is 10.0. The van der Waals surface area contributed by atoms with E-state index in [1.807, 2.05) is 0 Å². The third kappa shape index (κ3) is 3.22. The van der Waals surface area contributed by atoms with Crippen LogP contribution in [0.25, 0.3) is 0 Å². The molecule has 1 aromatic carbocycles. The van der Waals surface area contributed by atoms with Crippen LogP contribution in [0.15, 0.2) is 22.7 Å². The maximum Gasteiger partial charge on any atom is 0.416 e. The molecule has 8 heteroatoms. The van der Waals surface area contributed by atoms with Crippen LogP contribution in [0.5, 0.6) is 0 Å². The van der Waals surface area contributed by atoms with E-state index in [4.69, 9.17) is 0 Å². The van der Waals surface area contributed by atoms with Gasteiger partial charge >= 0.3 is 6.18 Å². The number of carbonyl (C=O) groups is 2. The lowest BCUT2D eigenvalue weighted by Crippen LogP contribution is -2.41. The average Bonchev–Trinajstić information content (AvgIpc) is 2.13. The van der Waals surface area contributed by atoms with Gasteiger partial charge in [-0.25, -0.2) is 0 Å². The fourth-order valence-electron chi connectivity index (χ4n) is 1.31. The SMILES string of the molecule is O=C([O-])C(C(=O)[O-])c1cc(Br)cc(C(F)(F)F)c1. The minimum absolute atomic E-state index is 0.0974. The molecule has 1 rings (SSSR count). The first-order valence-electron chi connectivity index (χ1n) is 4.42. The standard InChI is InChI=1S/C10H6BrF3O4/c11-6-2-4(7(8(15)16)9(17)18)1-5(3-6)10(12,13)14/h1-3,7H,(H,15,16)(H,17,18)/p-2. The van der Waals surface area contributed by atoms with E-state index in [-0.39, 0.29) is 4.47 Å². The summed E-state index contributed by atoms with van der Waals surface area (Å²) in [5, 5.41) is 21.2. The lowest BCUT2D eigenvalue weighted by Gasteiger charge is -2.21. The maximum atomic E-state index is 12.5. The van der Waals surface area contributed by atoms with Gasteiger partial charge in [0, 0.05) is 4.47 Å². The molecular formula is C10H4BrF3O4-2. The van der Waals surface area contributed by atoms with E-state index in [0.717, 1.165) is 6.07 Å². The van der Waals surface area contributed by atoms with Crippen LogP contribution >= 0.6 is 15.9 Å². The van der Waals surface area contributed by atoms with Gasteiger partial charge in [0.25, 0.3) is 0 Å². The number of carboxylic acids is 2. The van der Waals surface area contributed by atoms with Crippen molar-refractivity contribution in [2.75, 3.05) is 0 Å². The Kier molecular flexibility index (Phi) is 4.00. The normalized spacial score (nSPS) is 11.6. The molecule has 98 valence electrons. The average molecular weight is 325 g/mol. The van der Waals surface area contributed by atoms with Gasteiger partial charge in [-0.2, -0.15) is 13.2 Å². The maximum absolute atomic E-state index is 12.5. The molecule has 0 aromatic heterocycles. The molecular weight excluding hydrogens is 321 g/mol. The summed E-state index contributed by atoms with van der Waals surface area (Å²) >= 11 is 2.75. The molecule has 0 aliphatic rings. The Morgan fingerprint density at radius 3 is 2.00 bits per heavy atom. The van der Waals surface area contributed by atoms with Gasteiger partial charge in [0.05, 0.1) is 23.4 Å². The first-order chi connectivity index (χ1) is 8.12. The number of aliphatic carboxylic acids is 2. The lowest BCUT2D eigenvalue weighted by atomic mass is 9.97. The fourth-order valence-corrected chi connectivity index (χ4v) is 1.82. The molecule has 0 saturated heterocycles. The van der Waals surface area contributed by atoms with Crippen LogP contribution in [-0.4, -0.2) is 11.9 Å². The van der Waals surface area contributed by atoms with E-state index in [2.05, 4.69) is 15.9 Å². The molecule has 0 bridgehead atoms. The summed E-state index contributed by atoms with van der Waals surface area (Å²) in [5.41, 5.74) is -1.74. The minimum Gasteiger partial charge on any atom is -0.549 e. The molecule has 0 atom stereocenters. The number of halogens is 4. The first kappa shape index (κ1) is 14.5. The summed E-state index contributed by atoms with van der Waals surface area (Å²) < 4.78 is 37.3. The second kappa shape index (κ2) is 4.97. The highest BCUT2D eigenvalue weighted by Gasteiger charge is 2.32. The third-order valence-electron chi connectivity index (χ3n) is 2.05. The van der Waals surface area contributed by atoms with Crippen molar-refractivity contribution in [3.63, 3.8) is 0 Å². The van der Waals surface area contributed by atoms with Gasteiger partial charge in [-0.1, -0.05) is 15.9 Å². The minimum atomic E-state index is -4.72. The van der Waals surface area contributed by atoms with Crippen LogP contribution in [0.1, 0.15) is 17.0 Å². The molecule has 0 aliphatic carbocycles. The summed E-state index contributed by atoms with van der Waals surface area (Å²) in [4.78, 5) is 21.2. The van der Waals surface area contributed by atoms with E-state index in [1.165, 1.54) is 0 Å². The van der Waals surface area contributed by atoms with Gasteiger partial charge in [0.15, 0.2) is 0 Å². The number of benzene rings is 1. The number of carboxylic acid groups (broad SMARTS) is 2. The van der Waals surface area contributed by atoms with Gasteiger partial charge in [-0.15, -0.1) is 0 Å². The molecule has 0 aliphatic heterocycles. The first-order valence-corrected chi connectivity index (χ1v) is 5.21. The molecule has 4 nitrogen and oxygen atoms in total. The van der Waals surface area contributed by atoms with E-state index >= 15 is 0 Å². The Bertz CT molecular complexity index is 484. The Hall–Kier alpha value is -1.57. The van der Waals surface area contributed by atoms with Crippen molar-refractivity contribution in [3.05, 3.63) is 33.8 Å². The molecule has 0 unspecified atom stereocenters. The van der Waals surface area contributed by atoms with Gasteiger partial charge < -0.3 is 19.8 Å². The molecule has 0 heterocycles. The van der Waals surface area contributed by atoms with Crippen LogP contribution in [0.3, 0.4) is 0 Å². The van der Waals surface area contributed by atoms with Crippen LogP contribution < -0.4 is 10.2 Å². The van der Waals surface area contributed by atoms with Crippen molar-refractivity contribution < 1.29 is 33.0 Å². The van der Waals surface area contributed by atoms with Crippen LogP contribution in [0.2, 0.25) is 0 Å². The Morgan fingerprint density at radius 1 is 1.11 bits per heavy atom. The van der Waals surface area contributed by atoms with Crippen LogP contribution in [0, 0.1) is 0 Å². The number of rotatable bonds is 3. The predicted molar refractivity (Wildman–Crippen MR) is 51.9 cm³/mol. The Balaban J connectivity index is 3.37. The summed E-state index contributed by atoms with van der Waals surface area (Å²) in [7, 11) is 0. The number of hydrogen-bond acceptors (Lipinski definition) is 4. The van der Waals surface area contributed by atoms with Crippen LogP contribution in [0.4, 0.5) is 13.2 Å². The molecule has 1 aromatic rings. The number of hydrogen-bond donors (Lipinski definition) is 0. The topological polar surface area (TPSA) is 80.3 Å². The van der Waals surface area contributed by atoms with Crippen molar-refractivity contribution in [1.29, 1.82) is 0 Å². The molecule has 0 amide bonds. The highest BCUT2D eigenvalue weighted by atomic mass is 79.9. The molecule has 0 N–H and O–H groups in total. The van der Waals surface area contributed by atoms with Crippen molar-refractivity contribution in [2.24, 2.45) is 0 Å². The Labute approximate surface area is 107 Å². The summed E-state index contributed by atoms with van der Waals surface area (Å²) in [5.74, 6) is -6.34. The van der Waals surface area contributed by atoms with Crippen molar-refractivity contribution in [3.8, 4) is 0 Å². The van der Waals surface area contributed by atoms with Gasteiger partial charge in [-0.3, -0.25) is 0 Å². The van der Waals surface area contributed by atoms with Crippen molar-refractivity contribution in [2.45, 2.75) is 12.1 Å². The summed E-state index contributed by atoms with van der Waals surface area (Å²) in [6, 6.07) is 2.08. The monoisotopic (exact) mass is 324 g/mol. The number of carbonyl (C=O) groups excluding carboxylic acids is 2. The molecule has 0 spiro atoms. The predicted octanol–water partition coefficient (Wildman–Crippen LogP) is 0.0513. The fraction of sp³-hybridized carbons (Fsp3) is 0.200. The van der Waals surface area contributed by atoms with Gasteiger partial charge in [0.2, 0.25) is 0 Å². The quantitative estimate of drug-likeness (QED) is 0.736. The summed E-state index contributed by atoms with van der Waals surface area (Å²) in [6.45, 7) is 0. The van der Waals surface area contributed by atoms with Gasteiger partial charge in [-0.05, 0) is 23.8 Å². The highest BCUT2D eigenvalue weighted by molar-refractivity contribution is 9.10. The Morgan fingerprint density at radius 2 is 1.61 bits per heavy atom. The molecule has 18 heavy (non-hydrogen) atoms. The van der Waals surface area contributed by atoms with E-state index in [9.17, 15) is 33.0 Å². The van der Waals surface area contributed by atoms with Gasteiger partial charge in [0.1, 0.15) is 0 Å². The second-order valence-electron chi connectivity index (χ2n) is 3.34. The van der Waals surface area contributed by atoms with E-state index < -0.39 is 35.2 Å². The third-order valence-corrected chi connectivity index (χ3v) is 2.51. The number of alkyl halides is 3. The molecule has 0 saturated carbocycles. The smallest absolute Gasteiger partial charge is 0.416 e. The lowest BCUT2D eigenvalue weighted by molar-refractivity contribution is -0.326. The molecule has 0 radical (unpaired) electrons. The second-order valence-corrected chi connectivity index (χ2v) is 4.26. The van der Waals surface area contributed by atoms with E-state index in [0.29, 0.717) is 12.1 Å². The zero-order chi connectivity index (χ0) is 14.1.